The van der Waals surface area contributed by atoms with Crippen LogP contribution in [0.3, 0.4) is 0 Å². The number of aromatic carboxylic acids is 1. The summed E-state index contributed by atoms with van der Waals surface area (Å²) in [6.45, 7) is 0. The van der Waals surface area contributed by atoms with E-state index in [-0.39, 0.29) is 39.8 Å². The Hall–Kier alpha value is -5.31. The summed E-state index contributed by atoms with van der Waals surface area (Å²) in [7, 11) is 1.41. The van der Waals surface area contributed by atoms with Gasteiger partial charge >= 0.3 is 5.97 Å². The molecule has 0 radical (unpaired) electrons. The number of hydrogen-bond acceptors (Lipinski definition) is 6. The molecule has 2 amide bonds. The molecule has 0 fully saturated rings. The molecule has 1 aliphatic rings. The molecular weight excluding hydrogens is 491 g/mol. The number of ether oxygens (including phenoxy) is 1. The first kappa shape index (κ1) is 23.1. The molecule has 0 unspecified atom stereocenters. The van der Waals surface area contributed by atoms with E-state index in [1.54, 1.807) is 42.5 Å². The number of halogens is 1. The van der Waals surface area contributed by atoms with Crippen molar-refractivity contribution in [2.24, 2.45) is 0 Å². The number of nitrogens with zero attached hydrogens (tertiary/aromatic N) is 2. The van der Waals surface area contributed by atoms with Crippen LogP contribution in [0.1, 0.15) is 31.1 Å². The number of carbonyl (C=O) groups is 3. The number of benzene rings is 4. The van der Waals surface area contributed by atoms with Crippen LogP contribution in [0.25, 0.3) is 33.7 Å². The fourth-order valence-corrected chi connectivity index (χ4v) is 4.55. The lowest BCUT2D eigenvalue weighted by Gasteiger charge is -2.18. The Bertz CT molecular complexity index is 1810. The van der Waals surface area contributed by atoms with Crippen molar-refractivity contribution < 1.29 is 33.0 Å². The minimum Gasteiger partial charge on any atom is -0.495 e. The number of anilines is 1. The quantitative estimate of drug-likeness (QED) is 0.298. The third-order valence-corrected chi connectivity index (χ3v) is 6.35. The molecule has 1 aliphatic heterocycles. The topological polar surface area (TPSA) is 110 Å². The summed E-state index contributed by atoms with van der Waals surface area (Å²) in [6, 6.07) is 20.1. The van der Waals surface area contributed by atoms with Gasteiger partial charge in [-0.2, -0.15) is 0 Å². The highest BCUT2D eigenvalue weighted by Gasteiger charge is 2.39. The van der Waals surface area contributed by atoms with Gasteiger partial charge in [0.05, 0.1) is 29.5 Å². The molecule has 8 nitrogen and oxygen atoms in total. The van der Waals surface area contributed by atoms with E-state index < -0.39 is 17.8 Å². The Kier molecular flexibility index (Phi) is 5.27. The molecule has 0 spiro atoms. The molecule has 1 N–H and O–H groups in total. The zero-order chi connectivity index (χ0) is 26.6. The second kappa shape index (κ2) is 8.67. The van der Waals surface area contributed by atoms with Gasteiger partial charge in [-0.15, -0.1) is 0 Å². The number of imide groups is 1. The predicted molar refractivity (Wildman–Crippen MR) is 136 cm³/mol. The van der Waals surface area contributed by atoms with Gasteiger partial charge in [0.15, 0.2) is 5.58 Å². The second-order valence-corrected chi connectivity index (χ2v) is 8.58. The van der Waals surface area contributed by atoms with Gasteiger partial charge in [0, 0.05) is 11.1 Å². The number of carbonyl (C=O) groups excluding carboxylic acids is 2. The number of aromatic nitrogens is 1. The van der Waals surface area contributed by atoms with Gasteiger partial charge < -0.3 is 14.3 Å². The number of oxazole rings is 1. The van der Waals surface area contributed by atoms with Crippen molar-refractivity contribution in [2.75, 3.05) is 12.0 Å². The summed E-state index contributed by atoms with van der Waals surface area (Å²) in [5, 5.41) is 9.30. The second-order valence-electron chi connectivity index (χ2n) is 8.58. The summed E-state index contributed by atoms with van der Waals surface area (Å²) in [6.07, 6.45) is 0. The van der Waals surface area contributed by atoms with Crippen molar-refractivity contribution in [3.63, 3.8) is 0 Å². The maximum Gasteiger partial charge on any atom is 0.335 e. The lowest BCUT2D eigenvalue weighted by Crippen LogP contribution is -2.29. The zero-order valence-corrected chi connectivity index (χ0v) is 19.8. The highest BCUT2D eigenvalue weighted by Crippen LogP contribution is 2.39. The number of para-hydroxylation sites is 1. The number of rotatable bonds is 5. The zero-order valence-electron chi connectivity index (χ0n) is 19.8. The summed E-state index contributed by atoms with van der Waals surface area (Å²) in [5.74, 6) is -2.40. The van der Waals surface area contributed by atoms with Gasteiger partial charge in [-0.25, -0.2) is 19.1 Å². The third-order valence-electron chi connectivity index (χ3n) is 6.35. The fraction of sp³-hybridized carbons (Fsp3) is 0.0345. The molecule has 186 valence electrons. The number of methoxy groups -OCH3 is 1. The first-order valence-electron chi connectivity index (χ1n) is 11.5. The van der Waals surface area contributed by atoms with Crippen molar-refractivity contribution >= 4 is 34.6 Å². The van der Waals surface area contributed by atoms with Crippen LogP contribution in [0.15, 0.2) is 83.3 Å². The molecule has 4 aromatic carbocycles. The molecule has 2 heterocycles. The van der Waals surface area contributed by atoms with E-state index in [2.05, 4.69) is 4.98 Å². The molecular formula is C29H17FN2O6. The Morgan fingerprint density at radius 1 is 0.895 bits per heavy atom. The van der Waals surface area contributed by atoms with Crippen LogP contribution in [-0.2, 0) is 0 Å². The fourth-order valence-electron chi connectivity index (χ4n) is 4.55. The van der Waals surface area contributed by atoms with E-state index in [1.165, 1.54) is 37.4 Å². The number of carboxylic acid groups (broad SMARTS) is 1. The minimum absolute atomic E-state index is 0.0102. The molecule has 9 heteroatoms. The Morgan fingerprint density at radius 3 is 2.45 bits per heavy atom. The van der Waals surface area contributed by atoms with Crippen molar-refractivity contribution in [1.82, 2.24) is 4.98 Å². The van der Waals surface area contributed by atoms with Crippen molar-refractivity contribution in [3.05, 3.63) is 101 Å². The number of carboxylic acids is 1. The minimum atomic E-state index is -1.21. The highest BCUT2D eigenvalue weighted by atomic mass is 19.1. The van der Waals surface area contributed by atoms with Crippen LogP contribution < -0.4 is 9.64 Å². The summed E-state index contributed by atoms with van der Waals surface area (Å²) in [5.41, 5.74) is 2.91. The molecule has 0 saturated heterocycles. The van der Waals surface area contributed by atoms with Crippen LogP contribution in [0.4, 0.5) is 10.1 Å². The first-order valence-corrected chi connectivity index (χ1v) is 11.5. The van der Waals surface area contributed by atoms with Crippen LogP contribution in [0.2, 0.25) is 0 Å². The monoisotopic (exact) mass is 508 g/mol. The number of hydrogen-bond donors (Lipinski definition) is 1. The molecule has 0 aliphatic carbocycles. The van der Waals surface area contributed by atoms with E-state index >= 15 is 0 Å². The van der Waals surface area contributed by atoms with Gasteiger partial charge in [-0.05, 0) is 60.2 Å². The van der Waals surface area contributed by atoms with E-state index in [1.807, 2.05) is 6.07 Å². The van der Waals surface area contributed by atoms with Crippen molar-refractivity contribution in [1.29, 1.82) is 0 Å². The number of amides is 2. The number of fused-ring (bicyclic) bond motifs is 2. The smallest absolute Gasteiger partial charge is 0.335 e. The average Bonchev–Trinajstić information content (AvgIpc) is 3.47. The van der Waals surface area contributed by atoms with Crippen molar-refractivity contribution in [2.45, 2.75) is 0 Å². The summed E-state index contributed by atoms with van der Waals surface area (Å²) >= 11 is 0. The summed E-state index contributed by atoms with van der Waals surface area (Å²) in [4.78, 5) is 43.4. The van der Waals surface area contributed by atoms with E-state index in [4.69, 9.17) is 9.15 Å². The predicted octanol–water partition coefficient (Wildman–Crippen LogP) is 5.81. The van der Waals surface area contributed by atoms with Crippen molar-refractivity contribution in [3.8, 4) is 28.3 Å². The van der Waals surface area contributed by atoms with Crippen LogP contribution in [-0.4, -0.2) is 35.0 Å². The lowest BCUT2D eigenvalue weighted by molar-refractivity contribution is 0.0696. The van der Waals surface area contributed by atoms with Crippen LogP contribution in [0.5, 0.6) is 5.75 Å². The average molecular weight is 508 g/mol. The molecule has 1 aromatic heterocycles. The van der Waals surface area contributed by atoms with E-state index in [0.29, 0.717) is 27.8 Å². The molecule has 0 saturated carbocycles. The standard InChI is InChI=1S/C29H17FN2O6/c1-37-23-11-9-16(14-22(23)32-27(33)20-10-8-17(29(35)36)13-21(20)28(32)34)26-31-25-19(6-3-7-24(25)38-26)15-4-2-5-18(30)12-15/h2-14H,1H3,(H,35,36). The van der Waals surface area contributed by atoms with Crippen LogP contribution >= 0.6 is 0 Å². The maximum absolute atomic E-state index is 13.9. The summed E-state index contributed by atoms with van der Waals surface area (Å²) < 4.78 is 25.3. The Balaban J connectivity index is 1.45. The molecule has 0 bridgehead atoms. The van der Waals surface area contributed by atoms with Gasteiger partial charge in [0.1, 0.15) is 17.1 Å². The highest BCUT2D eigenvalue weighted by molar-refractivity contribution is 6.35. The Labute approximate surface area is 214 Å². The lowest BCUT2D eigenvalue weighted by atomic mass is 10.0. The molecule has 0 atom stereocenters. The largest absolute Gasteiger partial charge is 0.495 e. The van der Waals surface area contributed by atoms with Gasteiger partial charge in [-0.1, -0.05) is 24.3 Å². The van der Waals surface area contributed by atoms with Gasteiger partial charge in [-0.3, -0.25) is 9.59 Å². The Morgan fingerprint density at radius 2 is 1.68 bits per heavy atom. The molecule has 5 aromatic rings. The molecule has 6 rings (SSSR count). The van der Waals surface area contributed by atoms with E-state index in [9.17, 15) is 23.9 Å². The van der Waals surface area contributed by atoms with Crippen LogP contribution in [0, 0.1) is 5.82 Å². The molecule has 38 heavy (non-hydrogen) atoms. The first-order chi connectivity index (χ1) is 18.4. The third kappa shape index (κ3) is 3.60. The maximum atomic E-state index is 13.9. The SMILES string of the molecule is COc1ccc(-c2nc3c(-c4cccc(F)c4)cccc3o2)cc1N1C(=O)c2ccc(C(=O)O)cc2C1=O. The van der Waals surface area contributed by atoms with E-state index in [0.717, 1.165) is 4.90 Å². The normalized spacial score (nSPS) is 12.7. The van der Waals surface area contributed by atoms with Gasteiger partial charge in [0.2, 0.25) is 5.89 Å². The van der Waals surface area contributed by atoms with Gasteiger partial charge in [0.25, 0.3) is 11.8 Å².